The van der Waals surface area contributed by atoms with E-state index in [-0.39, 0.29) is 43.3 Å². The van der Waals surface area contributed by atoms with Crippen molar-refractivity contribution < 1.29 is 21.1 Å². The molecule has 1 aliphatic rings. The van der Waals surface area contributed by atoms with Gasteiger partial charge in [0, 0.05) is 0 Å². The Bertz CT molecular complexity index is 575. The van der Waals surface area contributed by atoms with E-state index in [0.717, 1.165) is 6.42 Å². The number of hydrogen-bond donors (Lipinski definition) is 0. The predicted molar refractivity (Wildman–Crippen MR) is 104 cm³/mol. The second-order valence-electron chi connectivity index (χ2n) is 5.05. The van der Waals surface area contributed by atoms with Crippen LogP contribution in [0.25, 0.3) is 0 Å². The topological polar surface area (TPSA) is 0 Å². The molecular formula is C21H26PtSi. The third-order valence-corrected chi connectivity index (χ3v) is 8.33. The van der Waals surface area contributed by atoms with Crippen LogP contribution in [0.4, 0.5) is 0 Å². The smallest absolute Gasteiger partial charge is 0.358 e. The summed E-state index contributed by atoms with van der Waals surface area (Å²) < 4.78 is 0. The molecule has 23 heavy (non-hydrogen) atoms. The zero-order valence-corrected chi connectivity index (χ0v) is 17.7. The second kappa shape index (κ2) is 10.6. The van der Waals surface area contributed by atoms with Crippen LogP contribution in [0, 0.1) is 28.4 Å². The fraction of sp³-hybridized carbons (Fsp3) is 0.0952. The first-order valence-corrected chi connectivity index (χ1v) is 9.21. The van der Waals surface area contributed by atoms with Gasteiger partial charge in [0.1, 0.15) is 8.07 Å². The maximum atomic E-state index is 3.56. The van der Waals surface area contributed by atoms with E-state index in [1.807, 2.05) is 0 Å². The quantitative estimate of drug-likeness (QED) is 0.431. The van der Waals surface area contributed by atoms with Gasteiger partial charge in [-0.15, -0.1) is 6.42 Å². The van der Waals surface area contributed by atoms with Gasteiger partial charge in [-0.05, 0) is 0 Å². The van der Waals surface area contributed by atoms with Crippen LogP contribution in [0.1, 0.15) is 6.42 Å². The van der Waals surface area contributed by atoms with Gasteiger partial charge in [0.25, 0.3) is 0 Å². The van der Waals surface area contributed by atoms with E-state index in [1.165, 1.54) is 15.6 Å². The van der Waals surface area contributed by atoms with Crippen LogP contribution >= 0.6 is 0 Å². The summed E-state index contributed by atoms with van der Waals surface area (Å²) >= 11 is 0. The van der Waals surface area contributed by atoms with Crippen molar-refractivity contribution in [1.82, 2.24) is 0 Å². The average molecular weight is 502 g/mol. The normalized spacial score (nSPS) is 12.0. The fourth-order valence-electron chi connectivity index (χ4n) is 2.77. The number of benzene rings is 2. The third-order valence-electron chi connectivity index (χ3n) is 3.94. The molecule has 0 aromatic heterocycles. The van der Waals surface area contributed by atoms with Crippen molar-refractivity contribution in [3.05, 3.63) is 106 Å². The molecule has 0 spiro atoms. The second-order valence-corrected chi connectivity index (χ2v) is 9.00. The maximum absolute atomic E-state index is 3.56. The molecular weight excluding hydrogens is 475 g/mol. The molecule has 0 atom stereocenters. The number of allylic oxidation sites excluding steroid dienone is 4. The van der Waals surface area contributed by atoms with E-state index in [2.05, 4.69) is 85.4 Å². The fourth-order valence-corrected chi connectivity index (χ4v) is 6.35. The molecule has 0 saturated carbocycles. The molecule has 0 unspecified atom stereocenters. The monoisotopic (exact) mass is 501 g/mol. The Labute approximate surface area is 158 Å². The van der Waals surface area contributed by atoms with E-state index in [0.29, 0.717) is 0 Å². The minimum absolute atomic E-state index is 0. The van der Waals surface area contributed by atoms with Crippen molar-refractivity contribution in [2.75, 3.05) is 0 Å². The molecule has 0 nitrogen and oxygen atoms in total. The van der Waals surface area contributed by atoms with Crippen molar-refractivity contribution in [3.63, 3.8) is 0 Å². The minimum Gasteiger partial charge on any atom is -0.358 e. The van der Waals surface area contributed by atoms with Gasteiger partial charge in [0.15, 0.2) is 0 Å². The Hall–Kier alpha value is -1.17. The average Bonchev–Trinajstić information content (AvgIpc) is 3.03. The summed E-state index contributed by atoms with van der Waals surface area (Å²) in [6.45, 7) is 2.43. The minimum atomic E-state index is -1.85. The number of rotatable bonds is 3. The van der Waals surface area contributed by atoms with Gasteiger partial charge in [0.05, 0.1) is 0 Å². The molecule has 0 heterocycles. The van der Waals surface area contributed by atoms with Crippen molar-refractivity contribution in [2.45, 2.75) is 13.0 Å². The van der Waals surface area contributed by atoms with Gasteiger partial charge in [-0.25, -0.2) is 11.3 Å². The summed E-state index contributed by atoms with van der Waals surface area (Å²) in [5.41, 5.74) is 0. The SMILES string of the molecule is C[Si](C1=[C-]CC=C1)(c1ccccc1)c1ccccc1.[CH3-].[CH3-].[CH3-].[Pt+4]. The molecule has 124 valence electrons. The van der Waals surface area contributed by atoms with Crippen LogP contribution in [-0.4, -0.2) is 8.07 Å². The van der Waals surface area contributed by atoms with Gasteiger partial charge in [-0.3, -0.25) is 6.08 Å². The van der Waals surface area contributed by atoms with Crippen LogP contribution in [-0.2, 0) is 21.1 Å². The van der Waals surface area contributed by atoms with Crippen molar-refractivity contribution >= 4 is 18.4 Å². The molecule has 0 amide bonds. The van der Waals surface area contributed by atoms with E-state index in [9.17, 15) is 0 Å². The summed E-state index contributed by atoms with van der Waals surface area (Å²) in [6.07, 6.45) is 9.00. The largest absolute Gasteiger partial charge is 4.00 e. The van der Waals surface area contributed by atoms with Gasteiger partial charge >= 0.3 is 21.1 Å². The van der Waals surface area contributed by atoms with Crippen molar-refractivity contribution in [3.8, 4) is 0 Å². The molecule has 1 aliphatic carbocycles. The standard InChI is InChI=1S/C18H17Si.3CH3.Pt/c1-19(18-14-8-9-15-18,16-10-4-2-5-11-16)17-12-6-3-7-13-17;;;;/h2-8,10-14H,9H2,1H3;3*1H3;/q4*-1;+4. The van der Waals surface area contributed by atoms with Crippen molar-refractivity contribution in [2.24, 2.45) is 0 Å². The first kappa shape index (κ1) is 24.1. The van der Waals surface area contributed by atoms with E-state index < -0.39 is 8.07 Å². The summed E-state index contributed by atoms with van der Waals surface area (Å²) in [5.74, 6) is 0. The van der Waals surface area contributed by atoms with Gasteiger partial charge in [0.2, 0.25) is 0 Å². The summed E-state index contributed by atoms with van der Waals surface area (Å²) in [6, 6.07) is 21.8. The van der Waals surface area contributed by atoms with E-state index in [1.54, 1.807) is 0 Å². The van der Waals surface area contributed by atoms with Crippen LogP contribution < -0.4 is 10.4 Å². The van der Waals surface area contributed by atoms with E-state index in [4.69, 9.17) is 0 Å². The first-order chi connectivity index (χ1) is 9.32. The molecule has 0 radical (unpaired) electrons. The van der Waals surface area contributed by atoms with Gasteiger partial charge in [-0.1, -0.05) is 77.6 Å². The number of hydrogen-bond acceptors (Lipinski definition) is 0. The van der Waals surface area contributed by atoms with Crippen LogP contribution in [0.5, 0.6) is 0 Å². The molecule has 0 aliphatic heterocycles. The summed E-state index contributed by atoms with van der Waals surface area (Å²) in [7, 11) is -1.85. The summed E-state index contributed by atoms with van der Waals surface area (Å²) in [4.78, 5) is 0. The Morgan fingerprint density at radius 2 is 1.22 bits per heavy atom. The Kier molecular flexibility index (Phi) is 11.1. The van der Waals surface area contributed by atoms with E-state index >= 15 is 0 Å². The Balaban J connectivity index is 0. The van der Waals surface area contributed by atoms with Crippen LogP contribution in [0.2, 0.25) is 6.55 Å². The first-order valence-electron chi connectivity index (χ1n) is 6.71. The molecule has 0 saturated heterocycles. The Morgan fingerprint density at radius 3 is 1.57 bits per heavy atom. The molecule has 2 heteroatoms. The van der Waals surface area contributed by atoms with Crippen LogP contribution in [0.15, 0.2) is 78.0 Å². The zero-order valence-electron chi connectivity index (χ0n) is 14.5. The van der Waals surface area contributed by atoms with Crippen molar-refractivity contribution in [1.29, 1.82) is 0 Å². The summed E-state index contributed by atoms with van der Waals surface area (Å²) in [5, 5.41) is 4.32. The molecule has 0 fully saturated rings. The molecule has 0 bridgehead atoms. The zero-order chi connectivity index (χ0) is 13.1. The van der Waals surface area contributed by atoms with Gasteiger partial charge < -0.3 is 22.3 Å². The maximum Gasteiger partial charge on any atom is 4.00 e. The predicted octanol–water partition coefficient (Wildman–Crippen LogP) is 4.46. The molecule has 2 aromatic carbocycles. The molecule has 3 rings (SSSR count). The Morgan fingerprint density at radius 1 is 0.783 bits per heavy atom. The third kappa shape index (κ3) is 4.65. The van der Waals surface area contributed by atoms with Crippen LogP contribution in [0.3, 0.4) is 0 Å². The molecule has 2 aromatic rings. The molecule has 0 N–H and O–H groups in total. The van der Waals surface area contributed by atoms with Gasteiger partial charge in [-0.2, -0.15) is 6.08 Å².